The maximum atomic E-state index is 12.6. The molecule has 1 heterocycles. The van der Waals surface area contributed by atoms with Crippen molar-refractivity contribution in [1.29, 1.82) is 0 Å². The normalized spacial score (nSPS) is 16.2. The van der Waals surface area contributed by atoms with Crippen LogP contribution in [-0.2, 0) is 9.84 Å². The predicted molar refractivity (Wildman–Crippen MR) is 77.9 cm³/mol. The van der Waals surface area contributed by atoms with Crippen molar-refractivity contribution in [2.75, 3.05) is 5.43 Å². The fraction of sp³-hybridized carbons (Fsp3) is 0. The summed E-state index contributed by atoms with van der Waals surface area (Å²) in [5, 5.41) is 4.03. The van der Waals surface area contributed by atoms with Crippen LogP contribution >= 0.6 is 15.9 Å². The number of nitrogens with zero attached hydrogens (tertiary/aromatic N) is 1. The van der Waals surface area contributed by atoms with Gasteiger partial charge in [-0.2, -0.15) is 5.10 Å². The Kier molecular flexibility index (Phi) is 2.91. The van der Waals surface area contributed by atoms with E-state index >= 15 is 0 Å². The van der Waals surface area contributed by atoms with Gasteiger partial charge in [-0.25, -0.2) is 8.42 Å². The number of rotatable bonds is 1. The summed E-state index contributed by atoms with van der Waals surface area (Å²) in [6, 6.07) is 13.9. The molecule has 1 N–H and O–H groups in total. The highest BCUT2D eigenvalue weighted by Crippen LogP contribution is 2.31. The molecule has 0 saturated heterocycles. The second kappa shape index (κ2) is 4.47. The zero-order chi connectivity index (χ0) is 13.5. The molecule has 1 aliphatic heterocycles. The Morgan fingerprint density at radius 2 is 1.79 bits per heavy atom. The summed E-state index contributed by atoms with van der Waals surface area (Å²) in [6.07, 6.45) is 0. The van der Waals surface area contributed by atoms with Crippen LogP contribution in [-0.4, -0.2) is 13.5 Å². The van der Waals surface area contributed by atoms with Crippen LogP contribution in [0.3, 0.4) is 0 Å². The first-order valence-electron chi connectivity index (χ1n) is 5.53. The minimum atomic E-state index is -3.60. The van der Waals surface area contributed by atoms with E-state index in [1.54, 1.807) is 42.5 Å². The van der Waals surface area contributed by atoms with E-state index in [0.717, 1.165) is 0 Å². The third-order valence-electron chi connectivity index (χ3n) is 2.79. The topological polar surface area (TPSA) is 58.5 Å². The molecule has 0 unspecified atom stereocenters. The molecule has 19 heavy (non-hydrogen) atoms. The quantitative estimate of drug-likeness (QED) is 0.870. The first-order chi connectivity index (χ1) is 9.09. The van der Waals surface area contributed by atoms with Crippen LogP contribution in [0.2, 0.25) is 0 Å². The summed E-state index contributed by atoms with van der Waals surface area (Å²) in [5.74, 6) is 0. The Morgan fingerprint density at radius 1 is 1.05 bits per heavy atom. The third kappa shape index (κ3) is 2.06. The summed E-state index contributed by atoms with van der Waals surface area (Å²) < 4.78 is 25.8. The molecule has 0 radical (unpaired) electrons. The van der Waals surface area contributed by atoms with Gasteiger partial charge in [0.1, 0.15) is 0 Å². The molecular weight excluding hydrogens is 328 g/mol. The number of fused-ring (bicyclic) bond motifs is 1. The summed E-state index contributed by atoms with van der Waals surface area (Å²) in [6.45, 7) is 0. The van der Waals surface area contributed by atoms with Crippen LogP contribution in [0, 0.1) is 0 Å². The van der Waals surface area contributed by atoms with Gasteiger partial charge in [-0.05, 0) is 18.2 Å². The summed E-state index contributed by atoms with van der Waals surface area (Å²) in [4.78, 5) is 0.232. The minimum Gasteiger partial charge on any atom is -0.276 e. The van der Waals surface area contributed by atoms with Gasteiger partial charge in [0.15, 0.2) is 5.04 Å². The summed E-state index contributed by atoms with van der Waals surface area (Å²) in [7, 11) is -3.60. The van der Waals surface area contributed by atoms with Gasteiger partial charge in [-0.15, -0.1) is 0 Å². The van der Waals surface area contributed by atoms with Crippen LogP contribution < -0.4 is 5.43 Å². The highest BCUT2D eigenvalue weighted by Gasteiger charge is 2.30. The van der Waals surface area contributed by atoms with Gasteiger partial charge in [-0.3, -0.25) is 5.43 Å². The highest BCUT2D eigenvalue weighted by atomic mass is 79.9. The second-order valence-electron chi connectivity index (χ2n) is 4.04. The molecule has 0 amide bonds. The Morgan fingerprint density at radius 3 is 2.53 bits per heavy atom. The van der Waals surface area contributed by atoms with Crippen molar-refractivity contribution < 1.29 is 8.42 Å². The summed E-state index contributed by atoms with van der Waals surface area (Å²) in [5.41, 5.74) is 3.84. The van der Waals surface area contributed by atoms with Crippen LogP contribution in [0.1, 0.15) is 5.56 Å². The first-order valence-corrected chi connectivity index (χ1v) is 7.80. The molecule has 0 saturated carbocycles. The van der Waals surface area contributed by atoms with Crippen molar-refractivity contribution in [3.8, 4) is 0 Å². The fourth-order valence-electron chi connectivity index (χ4n) is 1.89. The van der Waals surface area contributed by atoms with Crippen molar-refractivity contribution in [1.82, 2.24) is 0 Å². The molecule has 6 heteroatoms. The van der Waals surface area contributed by atoms with E-state index in [1.807, 2.05) is 6.07 Å². The van der Waals surface area contributed by atoms with E-state index in [0.29, 0.717) is 15.7 Å². The Labute approximate surface area is 119 Å². The SMILES string of the molecule is O=S1(=O)C(c2ccccc2)=NNc2ccc(Br)cc21. The monoisotopic (exact) mass is 336 g/mol. The van der Waals surface area contributed by atoms with Gasteiger partial charge >= 0.3 is 0 Å². The lowest BCUT2D eigenvalue weighted by Crippen LogP contribution is -2.23. The zero-order valence-electron chi connectivity index (χ0n) is 9.67. The third-order valence-corrected chi connectivity index (χ3v) is 5.03. The van der Waals surface area contributed by atoms with Gasteiger partial charge in [0, 0.05) is 10.0 Å². The second-order valence-corrected chi connectivity index (χ2v) is 6.79. The molecule has 2 aromatic rings. The van der Waals surface area contributed by atoms with Gasteiger partial charge in [0.05, 0.1) is 10.6 Å². The zero-order valence-corrected chi connectivity index (χ0v) is 12.1. The standard InChI is InChI=1S/C13H9BrN2O2S/c14-10-6-7-11-12(8-10)19(17,18)13(16-15-11)9-4-2-1-3-5-9/h1-8,15H. The van der Waals surface area contributed by atoms with Gasteiger partial charge in [0.25, 0.3) is 0 Å². The molecule has 0 aromatic heterocycles. The molecule has 2 aromatic carbocycles. The Balaban J connectivity index is 2.20. The molecule has 0 spiro atoms. The Bertz CT molecular complexity index is 770. The molecule has 4 nitrogen and oxygen atoms in total. The molecule has 1 aliphatic rings. The molecule has 3 rings (SSSR count). The lowest BCUT2D eigenvalue weighted by molar-refractivity contribution is 0.606. The van der Waals surface area contributed by atoms with Crippen molar-refractivity contribution in [2.45, 2.75) is 4.90 Å². The van der Waals surface area contributed by atoms with E-state index in [4.69, 9.17) is 0 Å². The number of hydrogen-bond donors (Lipinski definition) is 1. The van der Waals surface area contributed by atoms with E-state index in [9.17, 15) is 8.42 Å². The highest BCUT2D eigenvalue weighted by molar-refractivity contribution is 9.10. The maximum absolute atomic E-state index is 12.6. The van der Waals surface area contributed by atoms with Crippen LogP contribution in [0.4, 0.5) is 5.69 Å². The largest absolute Gasteiger partial charge is 0.276 e. The lowest BCUT2D eigenvalue weighted by Gasteiger charge is -2.17. The fourth-order valence-corrected chi connectivity index (χ4v) is 3.90. The minimum absolute atomic E-state index is 0.0405. The van der Waals surface area contributed by atoms with Crippen molar-refractivity contribution in [3.63, 3.8) is 0 Å². The molecule has 0 bridgehead atoms. The van der Waals surface area contributed by atoms with Crippen LogP contribution in [0.25, 0.3) is 0 Å². The number of halogens is 1. The number of hydrazone groups is 1. The maximum Gasteiger partial charge on any atom is 0.228 e. The number of sulfone groups is 1. The smallest absolute Gasteiger partial charge is 0.228 e. The number of anilines is 1. The lowest BCUT2D eigenvalue weighted by atomic mass is 10.2. The van der Waals surface area contributed by atoms with Crippen LogP contribution in [0.5, 0.6) is 0 Å². The summed E-state index contributed by atoms with van der Waals surface area (Å²) >= 11 is 3.29. The molecule has 96 valence electrons. The average Bonchev–Trinajstić information content (AvgIpc) is 2.40. The van der Waals surface area contributed by atoms with Gasteiger partial charge < -0.3 is 0 Å². The number of hydrogen-bond acceptors (Lipinski definition) is 4. The molecular formula is C13H9BrN2O2S. The number of nitrogens with one attached hydrogen (secondary N) is 1. The molecule has 0 aliphatic carbocycles. The van der Waals surface area contributed by atoms with E-state index in [1.165, 1.54) is 0 Å². The van der Waals surface area contributed by atoms with Gasteiger partial charge in [0.2, 0.25) is 9.84 Å². The van der Waals surface area contributed by atoms with Crippen molar-refractivity contribution in [3.05, 3.63) is 58.6 Å². The van der Waals surface area contributed by atoms with E-state index < -0.39 is 9.84 Å². The number of benzene rings is 2. The molecule has 0 atom stereocenters. The Hall–Kier alpha value is -1.66. The van der Waals surface area contributed by atoms with Crippen molar-refractivity contribution >= 4 is 36.5 Å². The average molecular weight is 337 g/mol. The van der Waals surface area contributed by atoms with Crippen LogP contribution in [0.15, 0.2) is 63.0 Å². The van der Waals surface area contributed by atoms with Crippen molar-refractivity contribution in [2.24, 2.45) is 5.10 Å². The van der Waals surface area contributed by atoms with E-state index in [-0.39, 0.29) is 9.94 Å². The predicted octanol–water partition coefficient (Wildman–Crippen LogP) is 3.01. The molecule has 0 fully saturated rings. The first kappa shape index (κ1) is 12.4. The van der Waals surface area contributed by atoms with E-state index in [2.05, 4.69) is 26.5 Å². The van der Waals surface area contributed by atoms with Gasteiger partial charge in [-0.1, -0.05) is 46.3 Å².